The van der Waals surface area contributed by atoms with Crippen LogP contribution in [0.3, 0.4) is 0 Å². The second kappa shape index (κ2) is 8.99. The van der Waals surface area contributed by atoms with Crippen molar-refractivity contribution in [3.05, 3.63) is 48.2 Å². The average molecular weight is 356 g/mol. The molecule has 1 heterocycles. The van der Waals surface area contributed by atoms with Crippen molar-refractivity contribution in [2.24, 2.45) is 5.92 Å². The van der Waals surface area contributed by atoms with Crippen LogP contribution in [0.4, 0.5) is 0 Å². The highest BCUT2D eigenvalue weighted by molar-refractivity contribution is 5.96. The van der Waals surface area contributed by atoms with Crippen molar-refractivity contribution >= 4 is 11.9 Å². The van der Waals surface area contributed by atoms with E-state index in [1.807, 2.05) is 32.0 Å². The van der Waals surface area contributed by atoms with Crippen molar-refractivity contribution in [3.63, 3.8) is 0 Å². The number of pyridine rings is 1. The van der Waals surface area contributed by atoms with Gasteiger partial charge in [0.05, 0.1) is 19.2 Å². The number of methoxy groups -OCH3 is 1. The standard InChI is InChI=1S/C20H24N2O4/c1-14(2)13-22(11-9-19(23)24)20(25)15-7-8-18(26-3)16(12-15)17-6-4-5-10-21-17/h4-8,10,12,14H,9,11,13H2,1-3H3,(H,23,24). The number of carboxylic acids is 1. The van der Waals surface area contributed by atoms with E-state index in [0.29, 0.717) is 23.6 Å². The SMILES string of the molecule is COc1ccc(C(=O)N(CCC(=O)O)CC(C)C)cc1-c1ccccn1. The topological polar surface area (TPSA) is 79.7 Å². The molecule has 26 heavy (non-hydrogen) atoms. The number of amides is 1. The minimum absolute atomic E-state index is 0.0816. The van der Waals surface area contributed by atoms with Gasteiger partial charge in [-0.3, -0.25) is 14.6 Å². The van der Waals surface area contributed by atoms with Crippen LogP contribution >= 0.6 is 0 Å². The number of rotatable bonds is 8. The normalized spacial score (nSPS) is 10.6. The third-order valence-electron chi connectivity index (χ3n) is 3.86. The minimum Gasteiger partial charge on any atom is -0.496 e. The van der Waals surface area contributed by atoms with Crippen LogP contribution in [0, 0.1) is 5.92 Å². The summed E-state index contributed by atoms with van der Waals surface area (Å²) in [6.45, 7) is 4.66. The van der Waals surface area contributed by atoms with Gasteiger partial charge in [0.1, 0.15) is 5.75 Å². The number of ether oxygens (including phenoxy) is 1. The highest BCUT2D eigenvalue weighted by Gasteiger charge is 2.20. The third kappa shape index (κ3) is 5.05. The summed E-state index contributed by atoms with van der Waals surface area (Å²) < 4.78 is 5.40. The first-order valence-corrected chi connectivity index (χ1v) is 8.53. The Labute approximate surface area is 153 Å². The Hall–Kier alpha value is -2.89. The minimum atomic E-state index is -0.921. The molecule has 1 aromatic heterocycles. The second-order valence-corrected chi connectivity index (χ2v) is 6.42. The molecule has 0 radical (unpaired) electrons. The van der Waals surface area contributed by atoms with E-state index in [4.69, 9.17) is 9.84 Å². The second-order valence-electron chi connectivity index (χ2n) is 6.42. The summed E-state index contributed by atoms with van der Waals surface area (Å²) in [6.07, 6.45) is 1.60. The Morgan fingerprint density at radius 2 is 2.00 bits per heavy atom. The lowest BCUT2D eigenvalue weighted by atomic mass is 10.0. The zero-order valence-electron chi connectivity index (χ0n) is 15.3. The number of carboxylic acid groups (broad SMARTS) is 1. The molecule has 0 spiro atoms. The lowest BCUT2D eigenvalue weighted by molar-refractivity contribution is -0.137. The Balaban J connectivity index is 2.35. The van der Waals surface area contributed by atoms with Crippen LogP contribution in [-0.2, 0) is 4.79 Å². The molecule has 0 aliphatic rings. The van der Waals surface area contributed by atoms with Crippen molar-refractivity contribution in [1.82, 2.24) is 9.88 Å². The molecule has 2 rings (SSSR count). The molecule has 0 bridgehead atoms. The molecular weight excluding hydrogens is 332 g/mol. The maximum absolute atomic E-state index is 12.9. The number of hydrogen-bond acceptors (Lipinski definition) is 4. The molecule has 1 amide bonds. The van der Waals surface area contributed by atoms with Crippen LogP contribution < -0.4 is 4.74 Å². The Morgan fingerprint density at radius 1 is 1.23 bits per heavy atom. The van der Waals surface area contributed by atoms with Gasteiger partial charge in [0.25, 0.3) is 5.91 Å². The van der Waals surface area contributed by atoms with Crippen molar-refractivity contribution in [2.75, 3.05) is 20.2 Å². The number of carbonyl (C=O) groups excluding carboxylic acids is 1. The van der Waals surface area contributed by atoms with E-state index in [1.165, 1.54) is 0 Å². The number of hydrogen-bond donors (Lipinski definition) is 1. The molecule has 6 heteroatoms. The third-order valence-corrected chi connectivity index (χ3v) is 3.86. The summed E-state index contributed by atoms with van der Waals surface area (Å²) in [5.74, 6) is -0.252. The number of aromatic nitrogens is 1. The first-order valence-electron chi connectivity index (χ1n) is 8.53. The van der Waals surface area contributed by atoms with Gasteiger partial charge in [-0.1, -0.05) is 19.9 Å². The van der Waals surface area contributed by atoms with E-state index in [9.17, 15) is 9.59 Å². The Kier molecular flexibility index (Phi) is 6.72. The molecule has 6 nitrogen and oxygen atoms in total. The van der Waals surface area contributed by atoms with Gasteiger partial charge in [0.2, 0.25) is 0 Å². The molecule has 2 aromatic rings. The molecule has 138 valence electrons. The first-order chi connectivity index (χ1) is 12.4. The van der Waals surface area contributed by atoms with E-state index >= 15 is 0 Å². The number of carbonyl (C=O) groups is 2. The van der Waals surface area contributed by atoms with E-state index < -0.39 is 5.97 Å². The van der Waals surface area contributed by atoms with Crippen LogP contribution in [-0.4, -0.2) is 47.1 Å². The summed E-state index contributed by atoms with van der Waals surface area (Å²) in [4.78, 5) is 29.8. The predicted molar refractivity (Wildman–Crippen MR) is 99.2 cm³/mol. The molecular formula is C20H24N2O4. The monoisotopic (exact) mass is 356 g/mol. The molecule has 0 saturated carbocycles. The van der Waals surface area contributed by atoms with Crippen molar-refractivity contribution in [1.29, 1.82) is 0 Å². The average Bonchev–Trinajstić information content (AvgIpc) is 2.64. The lowest BCUT2D eigenvalue weighted by Crippen LogP contribution is -2.36. The number of aliphatic carboxylic acids is 1. The van der Waals surface area contributed by atoms with Gasteiger partial charge >= 0.3 is 5.97 Å². The van der Waals surface area contributed by atoms with Crippen LogP contribution in [0.5, 0.6) is 5.75 Å². The van der Waals surface area contributed by atoms with E-state index in [0.717, 1.165) is 5.56 Å². The van der Waals surface area contributed by atoms with Crippen molar-refractivity contribution in [3.8, 4) is 17.0 Å². The van der Waals surface area contributed by atoms with E-state index in [1.54, 1.807) is 36.4 Å². The van der Waals surface area contributed by atoms with Gasteiger partial charge in [-0.2, -0.15) is 0 Å². The highest BCUT2D eigenvalue weighted by atomic mass is 16.5. The molecule has 1 N–H and O–H groups in total. The van der Waals surface area contributed by atoms with Gasteiger partial charge in [-0.15, -0.1) is 0 Å². The summed E-state index contributed by atoms with van der Waals surface area (Å²) in [7, 11) is 1.57. The largest absolute Gasteiger partial charge is 0.496 e. The van der Waals surface area contributed by atoms with E-state index in [-0.39, 0.29) is 24.8 Å². The smallest absolute Gasteiger partial charge is 0.305 e. The predicted octanol–water partition coefficient (Wildman–Crippen LogP) is 3.33. The lowest BCUT2D eigenvalue weighted by Gasteiger charge is -2.24. The fourth-order valence-corrected chi connectivity index (χ4v) is 2.69. The van der Waals surface area contributed by atoms with Crippen molar-refractivity contribution < 1.29 is 19.4 Å². The van der Waals surface area contributed by atoms with Gasteiger partial charge in [-0.05, 0) is 36.2 Å². The molecule has 0 fully saturated rings. The van der Waals surface area contributed by atoms with Gasteiger partial charge in [0, 0.05) is 30.4 Å². The molecule has 0 aliphatic heterocycles. The molecule has 0 atom stereocenters. The van der Waals surface area contributed by atoms with Gasteiger partial charge < -0.3 is 14.7 Å². The van der Waals surface area contributed by atoms with Crippen molar-refractivity contribution in [2.45, 2.75) is 20.3 Å². The fourth-order valence-electron chi connectivity index (χ4n) is 2.69. The first kappa shape index (κ1) is 19.4. The summed E-state index contributed by atoms with van der Waals surface area (Å²) in [5.41, 5.74) is 1.92. The van der Waals surface area contributed by atoms with Crippen LogP contribution in [0.2, 0.25) is 0 Å². The molecule has 0 aliphatic carbocycles. The summed E-state index contributed by atoms with van der Waals surface area (Å²) >= 11 is 0. The molecule has 0 saturated heterocycles. The highest BCUT2D eigenvalue weighted by Crippen LogP contribution is 2.30. The van der Waals surface area contributed by atoms with Crippen LogP contribution in [0.15, 0.2) is 42.6 Å². The Morgan fingerprint density at radius 3 is 2.58 bits per heavy atom. The summed E-state index contributed by atoms with van der Waals surface area (Å²) in [5, 5.41) is 8.95. The van der Waals surface area contributed by atoms with Gasteiger partial charge in [0.15, 0.2) is 0 Å². The zero-order valence-corrected chi connectivity index (χ0v) is 15.3. The number of nitrogens with zero attached hydrogens (tertiary/aromatic N) is 2. The van der Waals surface area contributed by atoms with Gasteiger partial charge in [-0.25, -0.2) is 0 Å². The maximum Gasteiger partial charge on any atom is 0.305 e. The van der Waals surface area contributed by atoms with Crippen LogP contribution in [0.25, 0.3) is 11.3 Å². The molecule has 0 unspecified atom stereocenters. The number of benzene rings is 1. The fraction of sp³-hybridized carbons (Fsp3) is 0.350. The Bertz CT molecular complexity index is 760. The van der Waals surface area contributed by atoms with E-state index in [2.05, 4.69) is 4.98 Å². The maximum atomic E-state index is 12.9. The quantitative estimate of drug-likeness (QED) is 0.785. The zero-order chi connectivity index (χ0) is 19.1. The van der Waals surface area contributed by atoms with Crippen LogP contribution in [0.1, 0.15) is 30.6 Å². The summed E-state index contributed by atoms with van der Waals surface area (Å²) in [6, 6.07) is 10.7. The molecule has 1 aromatic carbocycles.